The van der Waals surface area contributed by atoms with Gasteiger partial charge in [0.05, 0.1) is 12.2 Å². The number of hydrogen-bond donors (Lipinski definition) is 2. The van der Waals surface area contributed by atoms with E-state index in [0.717, 1.165) is 5.69 Å². The molecule has 5 nitrogen and oxygen atoms in total. The van der Waals surface area contributed by atoms with Crippen LogP contribution in [0.2, 0.25) is 0 Å². The molecule has 0 fully saturated rings. The SMILES string of the molecule is CCNC(=O)CN(CC)c1nc(C)ccc1N. The quantitative estimate of drug-likeness (QED) is 0.798. The zero-order valence-corrected chi connectivity index (χ0v) is 10.7. The number of likely N-dealkylation sites (N-methyl/N-ethyl adjacent to an activating group) is 2. The number of pyridine rings is 1. The van der Waals surface area contributed by atoms with Gasteiger partial charge in [0.25, 0.3) is 0 Å². The third-order valence-electron chi connectivity index (χ3n) is 2.43. The molecule has 1 heterocycles. The molecule has 0 atom stereocenters. The Kier molecular flexibility index (Phi) is 4.75. The van der Waals surface area contributed by atoms with E-state index in [9.17, 15) is 4.79 Å². The lowest BCUT2D eigenvalue weighted by molar-refractivity contribution is -0.119. The van der Waals surface area contributed by atoms with Gasteiger partial charge in [0.2, 0.25) is 5.91 Å². The summed E-state index contributed by atoms with van der Waals surface area (Å²) >= 11 is 0. The molecule has 0 unspecified atom stereocenters. The van der Waals surface area contributed by atoms with E-state index in [0.29, 0.717) is 24.6 Å². The number of nitrogens with zero attached hydrogens (tertiary/aromatic N) is 2. The van der Waals surface area contributed by atoms with Gasteiger partial charge in [0.15, 0.2) is 5.82 Å². The van der Waals surface area contributed by atoms with E-state index in [-0.39, 0.29) is 12.5 Å². The van der Waals surface area contributed by atoms with Crippen molar-refractivity contribution in [2.45, 2.75) is 20.8 Å². The molecule has 17 heavy (non-hydrogen) atoms. The molecule has 1 aromatic heterocycles. The van der Waals surface area contributed by atoms with Crippen molar-refractivity contribution in [2.24, 2.45) is 0 Å². The second kappa shape index (κ2) is 6.08. The molecule has 0 saturated heterocycles. The number of nitrogen functional groups attached to an aromatic ring is 1. The Labute approximate surface area is 102 Å². The Morgan fingerprint density at radius 2 is 2.18 bits per heavy atom. The van der Waals surface area contributed by atoms with Crippen LogP contribution in [0.15, 0.2) is 12.1 Å². The highest BCUT2D eigenvalue weighted by atomic mass is 16.2. The van der Waals surface area contributed by atoms with Gasteiger partial charge in [-0.25, -0.2) is 4.98 Å². The molecule has 0 aromatic carbocycles. The van der Waals surface area contributed by atoms with Crippen LogP contribution in [0, 0.1) is 6.92 Å². The lowest BCUT2D eigenvalue weighted by Gasteiger charge is -2.22. The second-order valence-corrected chi connectivity index (χ2v) is 3.83. The summed E-state index contributed by atoms with van der Waals surface area (Å²) in [5.74, 6) is 0.663. The van der Waals surface area contributed by atoms with Gasteiger partial charge in [-0.2, -0.15) is 0 Å². The number of carbonyl (C=O) groups is 1. The monoisotopic (exact) mass is 236 g/mol. The Morgan fingerprint density at radius 3 is 2.76 bits per heavy atom. The first-order valence-electron chi connectivity index (χ1n) is 5.83. The molecule has 5 heteroatoms. The van der Waals surface area contributed by atoms with Crippen LogP contribution in [0.1, 0.15) is 19.5 Å². The van der Waals surface area contributed by atoms with E-state index in [1.54, 1.807) is 0 Å². The molecule has 0 aliphatic rings. The number of amides is 1. The Balaban J connectivity index is 2.85. The fraction of sp³-hybridized carbons (Fsp3) is 0.500. The number of rotatable bonds is 5. The Morgan fingerprint density at radius 1 is 1.47 bits per heavy atom. The molecule has 3 N–H and O–H groups in total. The van der Waals surface area contributed by atoms with Crippen LogP contribution in [0.5, 0.6) is 0 Å². The molecule has 94 valence electrons. The van der Waals surface area contributed by atoms with E-state index in [4.69, 9.17) is 5.73 Å². The maximum Gasteiger partial charge on any atom is 0.239 e. The van der Waals surface area contributed by atoms with Gasteiger partial charge < -0.3 is 16.0 Å². The van der Waals surface area contributed by atoms with Gasteiger partial charge in [-0.05, 0) is 32.9 Å². The van der Waals surface area contributed by atoms with E-state index in [1.165, 1.54) is 0 Å². The molecular formula is C12H20N4O. The van der Waals surface area contributed by atoms with E-state index in [1.807, 2.05) is 37.8 Å². The Hall–Kier alpha value is -1.78. The molecule has 0 aliphatic heterocycles. The topological polar surface area (TPSA) is 71.2 Å². The number of carbonyl (C=O) groups excluding carboxylic acids is 1. The van der Waals surface area contributed by atoms with Crippen molar-refractivity contribution in [3.63, 3.8) is 0 Å². The van der Waals surface area contributed by atoms with Crippen molar-refractivity contribution >= 4 is 17.4 Å². The van der Waals surface area contributed by atoms with Gasteiger partial charge in [0.1, 0.15) is 0 Å². The zero-order chi connectivity index (χ0) is 12.8. The van der Waals surface area contributed by atoms with Gasteiger partial charge in [0, 0.05) is 18.8 Å². The minimum atomic E-state index is -0.0166. The van der Waals surface area contributed by atoms with Gasteiger partial charge in [-0.3, -0.25) is 4.79 Å². The highest BCUT2D eigenvalue weighted by Gasteiger charge is 2.13. The summed E-state index contributed by atoms with van der Waals surface area (Å²) in [6.45, 7) is 7.38. The number of nitrogens with two attached hydrogens (primary N) is 1. The molecule has 0 spiro atoms. The first kappa shape index (κ1) is 13.3. The maximum absolute atomic E-state index is 11.6. The molecule has 1 rings (SSSR count). The average Bonchev–Trinajstić information content (AvgIpc) is 2.30. The summed E-state index contributed by atoms with van der Waals surface area (Å²) in [4.78, 5) is 17.8. The van der Waals surface area contributed by atoms with Crippen LogP contribution in [-0.2, 0) is 4.79 Å². The first-order valence-corrected chi connectivity index (χ1v) is 5.83. The largest absolute Gasteiger partial charge is 0.396 e. The molecular weight excluding hydrogens is 216 g/mol. The fourth-order valence-electron chi connectivity index (χ4n) is 1.57. The second-order valence-electron chi connectivity index (χ2n) is 3.83. The molecule has 0 radical (unpaired) electrons. The van der Waals surface area contributed by atoms with E-state index < -0.39 is 0 Å². The van der Waals surface area contributed by atoms with Crippen molar-refractivity contribution in [2.75, 3.05) is 30.3 Å². The van der Waals surface area contributed by atoms with Crippen LogP contribution in [0.25, 0.3) is 0 Å². The number of nitrogens with one attached hydrogen (secondary N) is 1. The smallest absolute Gasteiger partial charge is 0.239 e. The van der Waals surface area contributed by atoms with Crippen LogP contribution in [0.3, 0.4) is 0 Å². The summed E-state index contributed by atoms with van der Waals surface area (Å²) in [6.07, 6.45) is 0. The Bertz CT molecular complexity index is 392. The van der Waals surface area contributed by atoms with Gasteiger partial charge in [-0.15, -0.1) is 0 Å². The van der Waals surface area contributed by atoms with Crippen LogP contribution in [0.4, 0.5) is 11.5 Å². The first-order chi connectivity index (χ1) is 8.08. The highest BCUT2D eigenvalue weighted by Crippen LogP contribution is 2.20. The molecule has 0 saturated carbocycles. The number of aryl methyl sites for hydroxylation is 1. The average molecular weight is 236 g/mol. The zero-order valence-electron chi connectivity index (χ0n) is 10.7. The lowest BCUT2D eigenvalue weighted by Crippen LogP contribution is -2.37. The standard InChI is InChI=1S/C12H20N4O/c1-4-14-11(17)8-16(5-2)12-10(13)7-6-9(3)15-12/h6-7H,4-5,8,13H2,1-3H3,(H,14,17). The van der Waals surface area contributed by atoms with E-state index in [2.05, 4.69) is 10.3 Å². The van der Waals surface area contributed by atoms with Crippen molar-refractivity contribution in [1.29, 1.82) is 0 Å². The molecule has 1 amide bonds. The predicted octanol–water partition coefficient (Wildman–Crippen LogP) is 0.935. The normalized spacial score (nSPS) is 10.1. The van der Waals surface area contributed by atoms with Crippen molar-refractivity contribution in [3.05, 3.63) is 17.8 Å². The number of hydrogen-bond acceptors (Lipinski definition) is 4. The summed E-state index contributed by atoms with van der Waals surface area (Å²) < 4.78 is 0. The van der Waals surface area contributed by atoms with Crippen LogP contribution in [-0.4, -0.2) is 30.5 Å². The van der Waals surface area contributed by atoms with Gasteiger partial charge >= 0.3 is 0 Å². The fourth-order valence-corrected chi connectivity index (χ4v) is 1.57. The summed E-state index contributed by atoms with van der Waals surface area (Å²) in [5, 5.41) is 2.76. The minimum absolute atomic E-state index is 0.0166. The van der Waals surface area contributed by atoms with Crippen molar-refractivity contribution < 1.29 is 4.79 Å². The lowest BCUT2D eigenvalue weighted by atomic mass is 10.3. The predicted molar refractivity (Wildman–Crippen MR) is 70.0 cm³/mol. The highest BCUT2D eigenvalue weighted by molar-refractivity contribution is 5.82. The minimum Gasteiger partial charge on any atom is -0.396 e. The third-order valence-corrected chi connectivity index (χ3v) is 2.43. The van der Waals surface area contributed by atoms with Crippen LogP contribution < -0.4 is 16.0 Å². The van der Waals surface area contributed by atoms with E-state index >= 15 is 0 Å². The van der Waals surface area contributed by atoms with Crippen molar-refractivity contribution in [1.82, 2.24) is 10.3 Å². The molecule has 0 aliphatic carbocycles. The summed E-state index contributed by atoms with van der Waals surface area (Å²) in [7, 11) is 0. The number of anilines is 2. The van der Waals surface area contributed by atoms with Crippen molar-refractivity contribution in [3.8, 4) is 0 Å². The summed E-state index contributed by atoms with van der Waals surface area (Å²) in [5.41, 5.74) is 7.37. The molecule has 0 bridgehead atoms. The van der Waals surface area contributed by atoms with Crippen LogP contribution >= 0.6 is 0 Å². The number of aromatic nitrogens is 1. The van der Waals surface area contributed by atoms with Gasteiger partial charge in [-0.1, -0.05) is 0 Å². The maximum atomic E-state index is 11.6. The third kappa shape index (κ3) is 3.62. The summed E-state index contributed by atoms with van der Waals surface area (Å²) in [6, 6.07) is 3.68. The molecule has 1 aromatic rings.